The summed E-state index contributed by atoms with van der Waals surface area (Å²) in [5.41, 5.74) is 5.43. The van der Waals surface area contributed by atoms with E-state index in [-0.39, 0.29) is 0 Å². The molecule has 0 radical (unpaired) electrons. The largest absolute Gasteiger partial charge is 0.480 e. The number of aliphatic carboxylic acids is 1. The standard InChI is InChI=1S/C11H12IN3O4/c12-6-2-1-3-7(4-6)14-11(19)15-8(10(17)18)5-9(13)16/h1-4,8H,5H2,(H2,13,16)(H,17,18)(H2,14,15,19). The van der Waals surface area contributed by atoms with Crippen LogP contribution in [-0.4, -0.2) is 29.1 Å². The number of nitrogens with two attached hydrogens (primary N) is 1. The van der Waals surface area contributed by atoms with Gasteiger partial charge in [-0.2, -0.15) is 0 Å². The molecule has 3 amide bonds. The Balaban J connectivity index is 2.62. The van der Waals surface area contributed by atoms with Gasteiger partial charge in [0.2, 0.25) is 5.91 Å². The Kier molecular flexibility index (Phi) is 5.55. The smallest absolute Gasteiger partial charge is 0.326 e. The molecule has 0 aliphatic heterocycles. The second-order valence-corrected chi connectivity index (χ2v) is 4.92. The monoisotopic (exact) mass is 377 g/mol. The fraction of sp³-hybridized carbons (Fsp3) is 0.182. The van der Waals surface area contributed by atoms with E-state index in [0.717, 1.165) is 3.57 Å². The Morgan fingerprint density at radius 2 is 2.05 bits per heavy atom. The summed E-state index contributed by atoms with van der Waals surface area (Å²) in [6, 6.07) is 4.90. The molecule has 0 aromatic heterocycles. The summed E-state index contributed by atoms with van der Waals surface area (Å²) in [7, 11) is 0. The van der Waals surface area contributed by atoms with Gasteiger partial charge < -0.3 is 21.5 Å². The number of rotatable bonds is 5. The van der Waals surface area contributed by atoms with Crippen molar-refractivity contribution >= 4 is 46.2 Å². The first-order chi connectivity index (χ1) is 8.88. The average molecular weight is 377 g/mol. The molecule has 7 nitrogen and oxygen atoms in total. The minimum atomic E-state index is -1.35. The predicted molar refractivity (Wildman–Crippen MR) is 76.5 cm³/mol. The van der Waals surface area contributed by atoms with E-state index in [9.17, 15) is 14.4 Å². The van der Waals surface area contributed by atoms with Gasteiger partial charge in [-0.25, -0.2) is 9.59 Å². The third-order valence-corrected chi connectivity index (χ3v) is 2.76. The van der Waals surface area contributed by atoms with Crippen LogP contribution in [0.1, 0.15) is 6.42 Å². The van der Waals surface area contributed by atoms with Crippen molar-refractivity contribution < 1.29 is 19.5 Å². The van der Waals surface area contributed by atoms with Crippen LogP contribution < -0.4 is 16.4 Å². The normalized spacial score (nSPS) is 11.4. The summed E-state index contributed by atoms with van der Waals surface area (Å²) in [6.07, 6.45) is -0.463. The van der Waals surface area contributed by atoms with Crippen molar-refractivity contribution in [2.45, 2.75) is 12.5 Å². The highest BCUT2D eigenvalue weighted by Gasteiger charge is 2.22. The lowest BCUT2D eigenvalue weighted by Gasteiger charge is -2.13. The average Bonchev–Trinajstić information content (AvgIpc) is 2.27. The van der Waals surface area contributed by atoms with Gasteiger partial charge >= 0.3 is 12.0 Å². The molecule has 0 saturated carbocycles. The van der Waals surface area contributed by atoms with Gasteiger partial charge in [-0.3, -0.25) is 4.79 Å². The highest BCUT2D eigenvalue weighted by Crippen LogP contribution is 2.12. The lowest BCUT2D eigenvalue weighted by Crippen LogP contribution is -2.45. The van der Waals surface area contributed by atoms with Crippen LogP contribution >= 0.6 is 22.6 Å². The van der Waals surface area contributed by atoms with Crippen LogP contribution in [0.5, 0.6) is 0 Å². The summed E-state index contributed by atoms with van der Waals surface area (Å²) in [5, 5.41) is 13.5. The number of carbonyl (C=O) groups excluding carboxylic acids is 2. The fourth-order valence-electron chi connectivity index (χ4n) is 1.29. The number of hydrogen-bond donors (Lipinski definition) is 4. The van der Waals surface area contributed by atoms with Crippen LogP contribution in [-0.2, 0) is 9.59 Å². The number of amides is 3. The number of nitrogens with one attached hydrogen (secondary N) is 2. The third kappa shape index (κ3) is 5.55. The van der Waals surface area contributed by atoms with E-state index in [0.29, 0.717) is 5.69 Å². The van der Waals surface area contributed by atoms with Gasteiger partial charge in [-0.15, -0.1) is 0 Å². The molecule has 5 N–H and O–H groups in total. The molecule has 0 aliphatic carbocycles. The number of urea groups is 1. The van der Waals surface area contributed by atoms with Crippen LogP contribution in [0.15, 0.2) is 24.3 Å². The van der Waals surface area contributed by atoms with Crippen molar-refractivity contribution in [3.63, 3.8) is 0 Å². The van der Waals surface area contributed by atoms with Crippen molar-refractivity contribution in [1.29, 1.82) is 0 Å². The summed E-state index contributed by atoms with van der Waals surface area (Å²) < 4.78 is 0.919. The van der Waals surface area contributed by atoms with E-state index >= 15 is 0 Å². The maximum atomic E-state index is 11.6. The topological polar surface area (TPSA) is 122 Å². The minimum Gasteiger partial charge on any atom is -0.480 e. The van der Waals surface area contributed by atoms with Crippen LogP contribution in [0.4, 0.5) is 10.5 Å². The number of hydrogen-bond acceptors (Lipinski definition) is 3. The summed E-state index contributed by atoms with van der Waals surface area (Å²) in [6.45, 7) is 0. The number of carboxylic acid groups (broad SMARTS) is 1. The minimum absolute atomic E-state index is 0.463. The molecule has 0 fully saturated rings. The number of benzene rings is 1. The molecule has 102 valence electrons. The Morgan fingerprint density at radius 3 is 2.58 bits per heavy atom. The third-order valence-electron chi connectivity index (χ3n) is 2.09. The fourth-order valence-corrected chi connectivity index (χ4v) is 1.84. The first kappa shape index (κ1) is 15.2. The quantitative estimate of drug-likeness (QED) is 0.566. The van der Waals surface area contributed by atoms with Crippen LogP contribution in [0, 0.1) is 3.57 Å². The van der Waals surface area contributed by atoms with Gasteiger partial charge in [0.15, 0.2) is 0 Å². The maximum Gasteiger partial charge on any atom is 0.326 e. The van der Waals surface area contributed by atoms with E-state index in [4.69, 9.17) is 10.8 Å². The molecular formula is C11H12IN3O4. The molecule has 0 aliphatic rings. The second kappa shape index (κ2) is 6.92. The predicted octanol–water partition coefficient (Wildman–Crippen LogP) is 0.741. The summed E-state index contributed by atoms with van der Waals surface area (Å²) in [5.74, 6) is -2.13. The van der Waals surface area contributed by atoms with E-state index in [1.165, 1.54) is 0 Å². The second-order valence-electron chi connectivity index (χ2n) is 3.67. The van der Waals surface area contributed by atoms with E-state index in [1.807, 2.05) is 6.07 Å². The van der Waals surface area contributed by atoms with Gasteiger partial charge in [-0.05, 0) is 40.8 Å². The molecule has 0 bridgehead atoms. The van der Waals surface area contributed by atoms with Crippen molar-refractivity contribution in [2.75, 3.05) is 5.32 Å². The zero-order valence-corrected chi connectivity index (χ0v) is 11.9. The van der Waals surface area contributed by atoms with Crippen LogP contribution in [0.25, 0.3) is 0 Å². The number of carboxylic acids is 1. The SMILES string of the molecule is NC(=O)CC(NC(=O)Nc1cccc(I)c1)C(=O)O. The van der Waals surface area contributed by atoms with E-state index in [1.54, 1.807) is 18.2 Å². The number of carbonyl (C=O) groups is 3. The van der Waals surface area contributed by atoms with Gasteiger partial charge in [0.05, 0.1) is 6.42 Å². The van der Waals surface area contributed by atoms with Crippen molar-refractivity contribution in [1.82, 2.24) is 5.32 Å². The molecule has 19 heavy (non-hydrogen) atoms. The summed E-state index contributed by atoms with van der Waals surface area (Å²) >= 11 is 2.08. The van der Waals surface area contributed by atoms with Gasteiger partial charge in [0.1, 0.15) is 6.04 Å². The number of primary amides is 1. The van der Waals surface area contributed by atoms with E-state index < -0.39 is 30.4 Å². The highest BCUT2D eigenvalue weighted by molar-refractivity contribution is 14.1. The van der Waals surface area contributed by atoms with Crippen LogP contribution in [0.2, 0.25) is 0 Å². The zero-order chi connectivity index (χ0) is 14.4. The molecule has 1 aromatic carbocycles. The Hall–Kier alpha value is -1.84. The highest BCUT2D eigenvalue weighted by atomic mass is 127. The molecule has 0 heterocycles. The Bertz CT molecular complexity index is 506. The molecule has 1 unspecified atom stereocenters. The number of halogens is 1. The van der Waals surface area contributed by atoms with E-state index in [2.05, 4.69) is 33.2 Å². The van der Waals surface area contributed by atoms with Gasteiger partial charge in [-0.1, -0.05) is 6.07 Å². The molecule has 1 atom stereocenters. The number of anilines is 1. The molecule has 1 rings (SSSR count). The van der Waals surface area contributed by atoms with Crippen molar-refractivity contribution in [3.05, 3.63) is 27.8 Å². The lowest BCUT2D eigenvalue weighted by molar-refractivity contribution is -0.140. The zero-order valence-electron chi connectivity index (χ0n) is 9.72. The molecule has 0 spiro atoms. The van der Waals surface area contributed by atoms with Crippen molar-refractivity contribution in [3.8, 4) is 0 Å². The van der Waals surface area contributed by atoms with Crippen LogP contribution in [0.3, 0.4) is 0 Å². The van der Waals surface area contributed by atoms with Gasteiger partial charge in [0, 0.05) is 9.26 Å². The lowest BCUT2D eigenvalue weighted by atomic mass is 10.2. The van der Waals surface area contributed by atoms with Crippen molar-refractivity contribution in [2.24, 2.45) is 5.73 Å². The summed E-state index contributed by atoms with van der Waals surface area (Å²) in [4.78, 5) is 33.1. The van der Waals surface area contributed by atoms with Gasteiger partial charge in [0.25, 0.3) is 0 Å². The molecule has 8 heteroatoms. The maximum absolute atomic E-state index is 11.6. The first-order valence-electron chi connectivity index (χ1n) is 5.22. The Labute approximate surface area is 122 Å². The Morgan fingerprint density at radius 1 is 1.37 bits per heavy atom. The molecule has 1 aromatic rings. The molecule has 0 saturated heterocycles. The first-order valence-corrected chi connectivity index (χ1v) is 6.30. The molecular weight excluding hydrogens is 365 g/mol.